The minimum absolute atomic E-state index is 0.207. The van der Waals surface area contributed by atoms with Crippen LogP contribution in [0.2, 0.25) is 0 Å². The van der Waals surface area contributed by atoms with E-state index in [0.717, 1.165) is 17.4 Å². The number of ether oxygens (including phenoxy) is 1. The van der Waals surface area contributed by atoms with Crippen molar-refractivity contribution in [3.05, 3.63) is 83.4 Å². The molecule has 2 aromatic carbocycles. The summed E-state index contributed by atoms with van der Waals surface area (Å²) in [4.78, 5) is 10.8. The van der Waals surface area contributed by atoms with Crippen LogP contribution in [0.1, 0.15) is 24.2 Å². The first-order chi connectivity index (χ1) is 9.79. The average molecular weight is 266 g/mol. The lowest BCUT2D eigenvalue weighted by Gasteiger charge is -2.15. The van der Waals surface area contributed by atoms with Crippen molar-refractivity contribution in [1.29, 1.82) is 0 Å². The molecule has 0 saturated carbocycles. The number of hydrogen-bond acceptors (Lipinski definition) is 2. The molecule has 0 saturated heterocycles. The van der Waals surface area contributed by atoms with Gasteiger partial charge in [0.1, 0.15) is 12.4 Å². The molecule has 0 N–H and O–H groups in total. The van der Waals surface area contributed by atoms with Crippen molar-refractivity contribution in [2.75, 3.05) is 0 Å². The highest BCUT2D eigenvalue weighted by atomic mass is 16.5. The van der Waals surface area contributed by atoms with Gasteiger partial charge in [0, 0.05) is 0 Å². The third kappa shape index (κ3) is 4.18. The van der Waals surface area contributed by atoms with E-state index in [-0.39, 0.29) is 6.10 Å². The van der Waals surface area contributed by atoms with Crippen LogP contribution in [0.25, 0.3) is 0 Å². The Labute approximate surface area is 119 Å². The fraction of sp³-hybridized carbons (Fsp3) is 0.167. The fourth-order valence-corrected chi connectivity index (χ4v) is 1.92. The Balaban J connectivity index is 2.13. The van der Waals surface area contributed by atoms with Crippen LogP contribution in [-0.4, -0.2) is 6.29 Å². The van der Waals surface area contributed by atoms with E-state index < -0.39 is 0 Å². The Morgan fingerprint density at radius 3 is 2.25 bits per heavy atom. The van der Waals surface area contributed by atoms with Gasteiger partial charge in [-0.25, -0.2) is 0 Å². The van der Waals surface area contributed by atoms with E-state index in [1.165, 1.54) is 0 Å². The first-order valence-electron chi connectivity index (χ1n) is 6.63. The van der Waals surface area contributed by atoms with Crippen LogP contribution in [0.3, 0.4) is 0 Å². The minimum Gasteiger partial charge on any atom is -0.365 e. The summed E-state index contributed by atoms with van der Waals surface area (Å²) >= 11 is 0. The van der Waals surface area contributed by atoms with Gasteiger partial charge in [-0.2, -0.15) is 0 Å². The van der Waals surface area contributed by atoms with Crippen LogP contribution in [0.5, 0.6) is 0 Å². The molecule has 20 heavy (non-hydrogen) atoms. The summed E-state index contributed by atoms with van der Waals surface area (Å²) in [5.41, 5.74) is 2.84. The largest absolute Gasteiger partial charge is 0.365 e. The van der Waals surface area contributed by atoms with Gasteiger partial charge in [0.2, 0.25) is 0 Å². The zero-order chi connectivity index (χ0) is 14.2. The lowest BCUT2D eigenvalue weighted by atomic mass is 10.1. The highest BCUT2D eigenvalue weighted by Crippen LogP contribution is 2.21. The molecule has 0 fully saturated rings. The highest BCUT2D eigenvalue weighted by Gasteiger charge is 2.09. The van der Waals surface area contributed by atoms with Gasteiger partial charge in [-0.15, -0.1) is 0 Å². The maximum absolute atomic E-state index is 10.8. The van der Waals surface area contributed by atoms with Crippen LogP contribution in [0, 0.1) is 0 Å². The Hall–Kier alpha value is -2.19. The zero-order valence-corrected chi connectivity index (χ0v) is 11.5. The second-order valence-corrected chi connectivity index (χ2v) is 4.66. The van der Waals surface area contributed by atoms with Gasteiger partial charge in [-0.1, -0.05) is 60.7 Å². The zero-order valence-electron chi connectivity index (χ0n) is 11.5. The van der Waals surface area contributed by atoms with Crippen molar-refractivity contribution in [2.45, 2.75) is 19.6 Å². The van der Waals surface area contributed by atoms with E-state index in [0.29, 0.717) is 12.2 Å². The first kappa shape index (κ1) is 14.2. The molecule has 0 aromatic heterocycles. The standard InChI is InChI=1S/C18H18O2/c1-15(13-19)12-18(17-10-6-3-7-11-17)20-14-16-8-4-2-5-9-16/h2-13,18H,14H2,1H3/b15-12+. The van der Waals surface area contributed by atoms with Crippen molar-refractivity contribution in [1.82, 2.24) is 0 Å². The van der Waals surface area contributed by atoms with Gasteiger partial charge in [0.05, 0.1) is 6.61 Å². The van der Waals surface area contributed by atoms with Crippen LogP contribution >= 0.6 is 0 Å². The maximum Gasteiger partial charge on any atom is 0.145 e. The fourth-order valence-electron chi connectivity index (χ4n) is 1.92. The number of benzene rings is 2. The lowest BCUT2D eigenvalue weighted by molar-refractivity contribution is -0.104. The van der Waals surface area contributed by atoms with Crippen LogP contribution in [0.15, 0.2) is 72.3 Å². The Morgan fingerprint density at radius 1 is 1.05 bits per heavy atom. The van der Waals surface area contributed by atoms with Gasteiger partial charge in [-0.3, -0.25) is 4.79 Å². The topological polar surface area (TPSA) is 26.3 Å². The molecule has 1 atom stereocenters. The molecule has 1 unspecified atom stereocenters. The van der Waals surface area contributed by atoms with E-state index >= 15 is 0 Å². The normalized spacial score (nSPS) is 12.9. The molecule has 0 amide bonds. The van der Waals surface area contributed by atoms with Gasteiger partial charge in [-0.05, 0) is 29.7 Å². The van der Waals surface area contributed by atoms with Gasteiger partial charge >= 0.3 is 0 Å². The van der Waals surface area contributed by atoms with Crippen LogP contribution < -0.4 is 0 Å². The van der Waals surface area contributed by atoms with Crippen molar-refractivity contribution >= 4 is 6.29 Å². The third-order valence-corrected chi connectivity index (χ3v) is 3.00. The van der Waals surface area contributed by atoms with Crippen molar-refractivity contribution < 1.29 is 9.53 Å². The Bertz CT molecular complexity index is 558. The average Bonchev–Trinajstić information content (AvgIpc) is 2.53. The second kappa shape index (κ2) is 7.41. The molecular formula is C18H18O2. The molecule has 0 radical (unpaired) electrons. The second-order valence-electron chi connectivity index (χ2n) is 4.66. The summed E-state index contributed by atoms with van der Waals surface area (Å²) in [7, 11) is 0. The number of carbonyl (C=O) groups excluding carboxylic acids is 1. The van der Waals surface area contributed by atoms with E-state index in [1.807, 2.05) is 66.7 Å². The molecule has 2 nitrogen and oxygen atoms in total. The smallest absolute Gasteiger partial charge is 0.145 e. The predicted octanol–water partition coefficient (Wildman–Crippen LogP) is 4.09. The molecule has 2 heteroatoms. The number of carbonyl (C=O) groups is 1. The van der Waals surface area contributed by atoms with Crippen molar-refractivity contribution in [3.63, 3.8) is 0 Å². The lowest BCUT2D eigenvalue weighted by Crippen LogP contribution is -2.03. The molecule has 0 aliphatic rings. The molecule has 0 aliphatic carbocycles. The summed E-state index contributed by atoms with van der Waals surface area (Å²) < 4.78 is 5.95. The molecule has 2 rings (SSSR count). The number of hydrogen-bond donors (Lipinski definition) is 0. The number of allylic oxidation sites excluding steroid dienone is 1. The molecule has 0 spiro atoms. The summed E-state index contributed by atoms with van der Waals surface area (Å²) in [6.45, 7) is 2.30. The molecular weight excluding hydrogens is 248 g/mol. The van der Waals surface area contributed by atoms with Gasteiger partial charge in [0.25, 0.3) is 0 Å². The monoisotopic (exact) mass is 266 g/mol. The maximum atomic E-state index is 10.8. The number of aldehydes is 1. The molecule has 2 aromatic rings. The summed E-state index contributed by atoms with van der Waals surface area (Å²) in [6, 6.07) is 19.9. The Morgan fingerprint density at radius 2 is 1.65 bits per heavy atom. The van der Waals surface area contributed by atoms with E-state index in [1.54, 1.807) is 6.92 Å². The van der Waals surface area contributed by atoms with Crippen molar-refractivity contribution in [3.8, 4) is 0 Å². The molecule has 0 heterocycles. The molecule has 0 bridgehead atoms. The number of rotatable bonds is 6. The molecule has 0 aliphatic heterocycles. The highest BCUT2D eigenvalue weighted by molar-refractivity contribution is 5.72. The molecule has 102 valence electrons. The van der Waals surface area contributed by atoms with E-state index in [4.69, 9.17) is 4.74 Å². The first-order valence-corrected chi connectivity index (χ1v) is 6.63. The van der Waals surface area contributed by atoms with Gasteiger partial charge < -0.3 is 4.74 Å². The summed E-state index contributed by atoms with van der Waals surface area (Å²) in [5, 5.41) is 0. The van der Waals surface area contributed by atoms with Gasteiger partial charge in [0.15, 0.2) is 0 Å². The predicted molar refractivity (Wildman–Crippen MR) is 80.2 cm³/mol. The van der Waals surface area contributed by atoms with E-state index in [9.17, 15) is 4.79 Å². The SMILES string of the molecule is C/C(C=O)=C\C(OCc1ccccc1)c1ccccc1. The summed E-state index contributed by atoms with van der Waals surface area (Å²) in [6.07, 6.45) is 2.49. The quantitative estimate of drug-likeness (QED) is 0.581. The van der Waals surface area contributed by atoms with Crippen LogP contribution in [-0.2, 0) is 16.1 Å². The Kier molecular flexibility index (Phi) is 5.27. The van der Waals surface area contributed by atoms with E-state index in [2.05, 4.69) is 0 Å². The van der Waals surface area contributed by atoms with Crippen molar-refractivity contribution in [2.24, 2.45) is 0 Å². The minimum atomic E-state index is -0.207. The summed E-state index contributed by atoms with van der Waals surface area (Å²) in [5.74, 6) is 0. The van der Waals surface area contributed by atoms with Crippen LogP contribution in [0.4, 0.5) is 0 Å². The third-order valence-electron chi connectivity index (χ3n) is 3.00.